The zero-order chi connectivity index (χ0) is 14.5. The van der Waals surface area contributed by atoms with Crippen molar-refractivity contribution < 1.29 is 14.5 Å². The van der Waals surface area contributed by atoms with Crippen LogP contribution in [0.15, 0.2) is 18.5 Å². The summed E-state index contributed by atoms with van der Waals surface area (Å²) in [5, 5.41) is 23.2. The molecule has 0 aliphatic heterocycles. The summed E-state index contributed by atoms with van der Waals surface area (Å²) in [5.74, 6) is -0.297. The van der Waals surface area contributed by atoms with Gasteiger partial charge in [0.2, 0.25) is 0 Å². The second-order valence-corrected chi connectivity index (χ2v) is 3.55. The highest BCUT2D eigenvalue weighted by Crippen LogP contribution is 2.22. The number of pyridine rings is 1. The van der Waals surface area contributed by atoms with Crippen LogP contribution in [0.3, 0.4) is 0 Å². The first kappa shape index (κ1) is 13.4. The number of hydrogen-bond acceptors (Lipinski definition) is 8. The van der Waals surface area contributed by atoms with Crippen LogP contribution < -0.4 is 5.32 Å². The van der Waals surface area contributed by atoms with Crippen LogP contribution in [0.2, 0.25) is 0 Å². The molecule has 0 aliphatic carbocycles. The molecule has 0 atom stereocenters. The van der Waals surface area contributed by atoms with E-state index in [1.54, 1.807) is 6.92 Å². The number of esters is 1. The van der Waals surface area contributed by atoms with Crippen LogP contribution in [0.4, 0.5) is 17.3 Å². The lowest BCUT2D eigenvalue weighted by Crippen LogP contribution is -2.10. The van der Waals surface area contributed by atoms with Crippen molar-refractivity contribution in [2.24, 2.45) is 0 Å². The second-order valence-electron chi connectivity index (χ2n) is 3.55. The molecule has 10 heteroatoms. The molecule has 2 aromatic heterocycles. The molecular formula is C10H10N6O4. The van der Waals surface area contributed by atoms with Crippen LogP contribution in [0.5, 0.6) is 0 Å². The number of H-pyrrole nitrogens is 1. The third-order valence-electron chi connectivity index (χ3n) is 2.24. The minimum absolute atomic E-state index is 0.0518. The standard InChI is InChI=1S/C10H10N6O4/c1-2-20-10(17)7-3-6(16(18)19)4-11-9(7)13-8-5-12-15-14-8/h3-5H,2H2,1H3,(H2,11,12,13,14,15). The fourth-order valence-corrected chi connectivity index (χ4v) is 1.40. The van der Waals surface area contributed by atoms with Gasteiger partial charge in [-0.1, -0.05) is 0 Å². The minimum atomic E-state index is -0.713. The summed E-state index contributed by atoms with van der Waals surface area (Å²) in [4.78, 5) is 25.7. The van der Waals surface area contributed by atoms with E-state index in [2.05, 4.69) is 25.7 Å². The molecule has 0 fully saturated rings. The molecular weight excluding hydrogens is 268 g/mol. The predicted molar refractivity (Wildman–Crippen MR) is 66.5 cm³/mol. The van der Waals surface area contributed by atoms with E-state index in [4.69, 9.17) is 4.74 Å². The highest BCUT2D eigenvalue weighted by Gasteiger charge is 2.19. The molecule has 0 bridgehead atoms. The summed E-state index contributed by atoms with van der Waals surface area (Å²) < 4.78 is 4.84. The Hall–Kier alpha value is -3.04. The van der Waals surface area contributed by atoms with Gasteiger partial charge in [0.15, 0.2) is 5.82 Å². The third kappa shape index (κ3) is 2.85. The number of carbonyl (C=O) groups excluding carboxylic acids is 1. The molecule has 0 saturated heterocycles. The molecule has 104 valence electrons. The summed E-state index contributed by atoms with van der Waals surface area (Å²) in [6.45, 7) is 1.78. The largest absolute Gasteiger partial charge is 0.462 e. The molecule has 2 N–H and O–H groups in total. The number of hydrogen-bond donors (Lipinski definition) is 2. The van der Waals surface area contributed by atoms with Crippen molar-refractivity contribution in [3.63, 3.8) is 0 Å². The van der Waals surface area contributed by atoms with Gasteiger partial charge in [0.1, 0.15) is 17.6 Å². The third-order valence-corrected chi connectivity index (χ3v) is 2.24. The number of ether oxygens (including phenoxy) is 1. The van der Waals surface area contributed by atoms with E-state index < -0.39 is 10.9 Å². The van der Waals surface area contributed by atoms with Gasteiger partial charge in [-0.3, -0.25) is 10.1 Å². The summed E-state index contributed by atoms with van der Waals surface area (Å²) in [7, 11) is 0. The molecule has 0 amide bonds. The molecule has 0 aromatic carbocycles. The summed E-state index contributed by atoms with van der Waals surface area (Å²) in [6, 6.07) is 1.09. The van der Waals surface area contributed by atoms with Crippen LogP contribution >= 0.6 is 0 Å². The Kier molecular flexibility index (Phi) is 3.84. The van der Waals surface area contributed by atoms with Gasteiger partial charge >= 0.3 is 5.97 Å². The molecule has 10 nitrogen and oxygen atoms in total. The monoisotopic (exact) mass is 278 g/mol. The van der Waals surface area contributed by atoms with Crippen molar-refractivity contribution >= 4 is 23.3 Å². The molecule has 2 rings (SSSR count). The average molecular weight is 278 g/mol. The molecule has 0 aliphatic rings. The lowest BCUT2D eigenvalue weighted by Gasteiger charge is -2.07. The van der Waals surface area contributed by atoms with Gasteiger partial charge < -0.3 is 10.1 Å². The van der Waals surface area contributed by atoms with Gasteiger partial charge in [-0.2, -0.15) is 10.3 Å². The molecule has 0 saturated carbocycles. The van der Waals surface area contributed by atoms with Crippen LogP contribution in [0, 0.1) is 10.1 Å². The Bertz CT molecular complexity index is 627. The first-order valence-electron chi connectivity index (χ1n) is 5.56. The van der Waals surface area contributed by atoms with Crippen LogP contribution in [0.25, 0.3) is 0 Å². The van der Waals surface area contributed by atoms with E-state index in [1.807, 2.05) is 0 Å². The number of rotatable bonds is 5. The molecule has 0 spiro atoms. The number of aromatic nitrogens is 4. The number of carbonyl (C=O) groups is 1. The number of anilines is 2. The van der Waals surface area contributed by atoms with Gasteiger partial charge in [-0.15, -0.1) is 5.10 Å². The second kappa shape index (κ2) is 5.73. The predicted octanol–water partition coefficient (Wildman–Crippen LogP) is 1.03. The van der Waals surface area contributed by atoms with E-state index >= 15 is 0 Å². The maximum Gasteiger partial charge on any atom is 0.342 e. The van der Waals surface area contributed by atoms with Crippen LogP contribution in [0.1, 0.15) is 17.3 Å². The van der Waals surface area contributed by atoms with Crippen LogP contribution in [-0.4, -0.2) is 37.9 Å². The van der Waals surface area contributed by atoms with Gasteiger partial charge in [0.05, 0.1) is 17.7 Å². The highest BCUT2D eigenvalue weighted by atomic mass is 16.6. The minimum Gasteiger partial charge on any atom is -0.462 e. The molecule has 20 heavy (non-hydrogen) atoms. The van der Waals surface area contributed by atoms with E-state index in [0.717, 1.165) is 12.3 Å². The van der Waals surface area contributed by atoms with Gasteiger partial charge in [0, 0.05) is 6.07 Å². The Morgan fingerprint density at radius 2 is 2.35 bits per heavy atom. The number of nitrogens with one attached hydrogen (secondary N) is 2. The van der Waals surface area contributed by atoms with E-state index in [0.29, 0.717) is 5.82 Å². The van der Waals surface area contributed by atoms with Crippen molar-refractivity contribution in [2.75, 3.05) is 11.9 Å². The first-order valence-corrected chi connectivity index (χ1v) is 5.56. The number of nitrogens with zero attached hydrogens (tertiary/aromatic N) is 4. The van der Waals surface area contributed by atoms with Crippen molar-refractivity contribution in [3.05, 3.63) is 34.1 Å². The normalized spacial score (nSPS) is 10.1. The zero-order valence-electron chi connectivity index (χ0n) is 10.4. The smallest absolute Gasteiger partial charge is 0.342 e. The van der Waals surface area contributed by atoms with Crippen molar-refractivity contribution in [1.82, 2.24) is 20.4 Å². The van der Waals surface area contributed by atoms with Crippen molar-refractivity contribution in [2.45, 2.75) is 6.92 Å². The Morgan fingerprint density at radius 1 is 1.55 bits per heavy atom. The first-order chi connectivity index (χ1) is 9.61. The van der Waals surface area contributed by atoms with Gasteiger partial charge in [-0.05, 0) is 6.92 Å². The van der Waals surface area contributed by atoms with E-state index in [1.165, 1.54) is 6.20 Å². The van der Waals surface area contributed by atoms with Crippen LogP contribution in [-0.2, 0) is 4.74 Å². The van der Waals surface area contributed by atoms with E-state index in [9.17, 15) is 14.9 Å². The number of nitro groups is 1. The van der Waals surface area contributed by atoms with Gasteiger partial charge in [-0.25, -0.2) is 9.78 Å². The molecule has 0 radical (unpaired) electrons. The summed E-state index contributed by atoms with van der Waals surface area (Å²) in [6.07, 6.45) is 2.41. The lowest BCUT2D eigenvalue weighted by molar-refractivity contribution is -0.385. The Morgan fingerprint density at radius 3 is 2.95 bits per heavy atom. The molecule has 2 heterocycles. The fourth-order valence-electron chi connectivity index (χ4n) is 1.40. The van der Waals surface area contributed by atoms with Crippen molar-refractivity contribution in [1.29, 1.82) is 0 Å². The topological polar surface area (TPSA) is 136 Å². The Labute approximate surface area is 112 Å². The summed E-state index contributed by atoms with van der Waals surface area (Å²) >= 11 is 0. The average Bonchev–Trinajstić information content (AvgIpc) is 2.92. The van der Waals surface area contributed by atoms with E-state index in [-0.39, 0.29) is 23.7 Å². The SMILES string of the molecule is CCOC(=O)c1cc([N+](=O)[O-])cnc1Nc1cn[nH]n1. The highest BCUT2D eigenvalue weighted by molar-refractivity contribution is 5.95. The van der Waals surface area contributed by atoms with Crippen molar-refractivity contribution in [3.8, 4) is 0 Å². The lowest BCUT2D eigenvalue weighted by atomic mass is 10.2. The number of aromatic amines is 1. The quantitative estimate of drug-likeness (QED) is 0.470. The maximum atomic E-state index is 11.8. The molecule has 2 aromatic rings. The zero-order valence-corrected chi connectivity index (χ0v) is 10.4. The summed E-state index contributed by atoms with van der Waals surface area (Å²) in [5.41, 5.74) is -0.359. The van der Waals surface area contributed by atoms with Gasteiger partial charge in [0.25, 0.3) is 5.69 Å². The molecule has 0 unspecified atom stereocenters. The Balaban J connectivity index is 2.38. The maximum absolute atomic E-state index is 11.8. The fraction of sp³-hybridized carbons (Fsp3) is 0.200.